The van der Waals surface area contributed by atoms with E-state index in [1.807, 2.05) is 0 Å². The van der Waals surface area contributed by atoms with Crippen LogP contribution in [-0.4, -0.2) is 44.8 Å². The number of carbonyl (C=O) groups excluding carboxylic acids is 1. The SMILES string of the molecule is COC1COc2c(S(N)(=O)=NC(=O)Nc3c4c(nc5c3CCC5(C)C)CCC4)cnn2C1. The Bertz CT molecular complexity index is 1230. The van der Waals surface area contributed by atoms with Crippen LogP contribution in [0.4, 0.5) is 10.5 Å². The van der Waals surface area contributed by atoms with Gasteiger partial charge in [-0.25, -0.2) is 18.8 Å². The van der Waals surface area contributed by atoms with E-state index >= 15 is 0 Å². The largest absolute Gasteiger partial charge is 0.474 e. The van der Waals surface area contributed by atoms with Gasteiger partial charge in [0.25, 0.3) is 0 Å². The number of carbonyl (C=O) groups is 1. The number of fused-ring (bicyclic) bond motifs is 3. The normalized spacial score (nSPS) is 22.3. The zero-order valence-electron chi connectivity index (χ0n) is 18.5. The molecule has 2 unspecified atom stereocenters. The monoisotopic (exact) mass is 460 g/mol. The third kappa shape index (κ3) is 3.48. The molecule has 5 rings (SSSR count). The average Bonchev–Trinajstić information content (AvgIpc) is 3.44. The molecule has 0 radical (unpaired) electrons. The van der Waals surface area contributed by atoms with Crippen molar-refractivity contribution in [3.8, 4) is 5.88 Å². The summed E-state index contributed by atoms with van der Waals surface area (Å²) in [4.78, 5) is 17.9. The van der Waals surface area contributed by atoms with Gasteiger partial charge in [0.1, 0.15) is 17.6 Å². The molecule has 2 atom stereocenters. The first-order chi connectivity index (χ1) is 15.2. The molecule has 1 aliphatic heterocycles. The van der Waals surface area contributed by atoms with Gasteiger partial charge in [0.15, 0.2) is 9.92 Å². The third-order valence-corrected chi connectivity index (χ3v) is 7.95. The van der Waals surface area contributed by atoms with Gasteiger partial charge in [0, 0.05) is 18.2 Å². The number of anilines is 1. The minimum Gasteiger partial charge on any atom is -0.474 e. The van der Waals surface area contributed by atoms with Gasteiger partial charge < -0.3 is 14.8 Å². The van der Waals surface area contributed by atoms with Crippen LogP contribution < -0.4 is 15.2 Å². The highest BCUT2D eigenvalue weighted by molar-refractivity contribution is 7.91. The molecule has 0 spiro atoms. The summed E-state index contributed by atoms with van der Waals surface area (Å²) in [5.74, 6) is 0.259. The van der Waals surface area contributed by atoms with Gasteiger partial charge in [-0.1, -0.05) is 13.8 Å². The Morgan fingerprint density at radius 2 is 2.19 bits per heavy atom. The summed E-state index contributed by atoms with van der Waals surface area (Å²) in [6.45, 7) is 5.07. The lowest BCUT2D eigenvalue weighted by Gasteiger charge is -2.23. The Hall–Kier alpha value is -2.50. The van der Waals surface area contributed by atoms with E-state index in [9.17, 15) is 9.00 Å². The fraction of sp³-hybridized carbons (Fsp3) is 0.571. The third-order valence-electron chi connectivity index (χ3n) is 6.61. The van der Waals surface area contributed by atoms with E-state index < -0.39 is 15.9 Å². The Labute approximate surface area is 187 Å². The predicted octanol–water partition coefficient (Wildman–Crippen LogP) is 2.33. The Kier molecular flexibility index (Phi) is 5.02. The molecular formula is C21H28N6O4S. The fourth-order valence-corrected chi connectivity index (χ4v) is 5.83. The van der Waals surface area contributed by atoms with Crippen molar-refractivity contribution in [2.75, 3.05) is 19.0 Å². The van der Waals surface area contributed by atoms with Crippen LogP contribution in [0.2, 0.25) is 0 Å². The van der Waals surface area contributed by atoms with E-state index in [2.05, 4.69) is 28.6 Å². The van der Waals surface area contributed by atoms with Crippen molar-refractivity contribution in [1.29, 1.82) is 0 Å². The van der Waals surface area contributed by atoms with Gasteiger partial charge in [0.2, 0.25) is 5.88 Å². The van der Waals surface area contributed by atoms with Crippen LogP contribution in [0.25, 0.3) is 0 Å². The zero-order valence-corrected chi connectivity index (χ0v) is 19.3. The number of pyridine rings is 1. The molecule has 32 heavy (non-hydrogen) atoms. The number of nitrogens with zero attached hydrogens (tertiary/aromatic N) is 4. The number of nitrogens with one attached hydrogen (secondary N) is 1. The van der Waals surface area contributed by atoms with Crippen LogP contribution in [0.5, 0.6) is 5.88 Å². The first-order valence-electron chi connectivity index (χ1n) is 10.8. The van der Waals surface area contributed by atoms with Gasteiger partial charge in [0.05, 0.1) is 24.1 Å². The van der Waals surface area contributed by atoms with Gasteiger partial charge >= 0.3 is 6.03 Å². The highest BCUT2D eigenvalue weighted by Crippen LogP contribution is 2.44. The maximum absolute atomic E-state index is 13.2. The van der Waals surface area contributed by atoms with Crippen LogP contribution in [0.3, 0.4) is 0 Å². The molecule has 0 saturated heterocycles. The van der Waals surface area contributed by atoms with Crippen LogP contribution in [0.15, 0.2) is 15.5 Å². The van der Waals surface area contributed by atoms with Crippen molar-refractivity contribution in [1.82, 2.24) is 14.8 Å². The first-order valence-corrected chi connectivity index (χ1v) is 12.4. The average molecular weight is 461 g/mol. The van der Waals surface area contributed by atoms with E-state index in [-0.39, 0.29) is 28.9 Å². The number of hydrogen-bond donors (Lipinski definition) is 2. The number of aryl methyl sites for hydroxylation is 1. The maximum atomic E-state index is 13.2. The Balaban J connectivity index is 1.47. The number of urea groups is 1. The van der Waals surface area contributed by atoms with Gasteiger partial charge in [-0.15, -0.1) is 4.36 Å². The van der Waals surface area contributed by atoms with Crippen LogP contribution in [0, 0.1) is 0 Å². The molecule has 2 aromatic rings. The summed E-state index contributed by atoms with van der Waals surface area (Å²) in [6.07, 6.45) is 5.74. The highest BCUT2D eigenvalue weighted by atomic mass is 32.2. The van der Waals surface area contributed by atoms with Crippen molar-refractivity contribution in [3.63, 3.8) is 0 Å². The number of methoxy groups -OCH3 is 1. The first kappa shape index (κ1) is 21.4. The lowest BCUT2D eigenvalue weighted by atomic mass is 9.90. The second kappa shape index (κ2) is 7.53. The van der Waals surface area contributed by atoms with Crippen LogP contribution in [-0.2, 0) is 45.9 Å². The second-order valence-corrected chi connectivity index (χ2v) is 11.0. The molecule has 2 amide bonds. The quantitative estimate of drug-likeness (QED) is 0.722. The van der Waals surface area contributed by atoms with E-state index in [1.165, 1.54) is 10.9 Å². The number of rotatable bonds is 3. The molecule has 0 aromatic carbocycles. The molecule has 3 aliphatic rings. The lowest BCUT2D eigenvalue weighted by molar-refractivity contribution is 0.0165. The topological polar surface area (TPSA) is 134 Å². The molecule has 0 fully saturated rings. The molecule has 10 nitrogen and oxygen atoms in total. The fourth-order valence-electron chi connectivity index (χ4n) is 4.83. The van der Waals surface area contributed by atoms with E-state index in [1.54, 1.807) is 7.11 Å². The van der Waals surface area contributed by atoms with Crippen molar-refractivity contribution < 1.29 is 18.5 Å². The zero-order chi connectivity index (χ0) is 22.7. The minimum absolute atomic E-state index is 0.0420. The Morgan fingerprint density at radius 3 is 2.97 bits per heavy atom. The lowest BCUT2D eigenvalue weighted by Crippen LogP contribution is -2.32. The van der Waals surface area contributed by atoms with Crippen LogP contribution in [0.1, 0.15) is 49.2 Å². The Morgan fingerprint density at radius 1 is 1.38 bits per heavy atom. The standard InChI is InChI=1S/C21H28N6O4S/c1-21(2)8-7-14-17(13-5-4-6-15(13)24-18(14)21)25-20(28)26-32(22,29)16-9-23-27-10-12(30-3)11-31-19(16)27/h9,12H,4-8,10-11H2,1-3H3,(H3,22,24,25,26,28,29). The summed E-state index contributed by atoms with van der Waals surface area (Å²) >= 11 is 0. The van der Waals surface area contributed by atoms with E-state index in [0.717, 1.165) is 60.3 Å². The number of amides is 2. The van der Waals surface area contributed by atoms with E-state index in [0.29, 0.717) is 6.54 Å². The molecular weight excluding hydrogens is 432 g/mol. The van der Waals surface area contributed by atoms with Crippen LogP contribution >= 0.6 is 0 Å². The van der Waals surface area contributed by atoms with Crippen molar-refractivity contribution in [3.05, 3.63) is 28.7 Å². The second-order valence-electron chi connectivity index (χ2n) is 9.23. The number of hydrogen-bond acceptors (Lipinski definition) is 6. The van der Waals surface area contributed by atoms with Gasteiger partial charge in [-0.3, -0.25) is 4.98 Å². The molecule has 2 aliphatic carbocycles. The molecule has 0 bridgehead atoms. The molecule has 172 valence electrons. The maximum Gasteiger partial charge on any atom is 0.354 e. The predicted molar refractivity (Wildman–Crippen MR) is 118 cm³/mol. The van der Waals surface area contributed by atoms with E-state index in [4.69, 9.17) is 19.6 Å². The van der Waals surface area contributed by atoms with Gasteiger partial charge in [-0.05, 0) is 43.2 Å². The van der Waals surface area contributed by atoms with Crippen molar-refractivity contribution >= 4 is 21.6 Å². The molecule has 3 heterocycles. The van der Waals surface area contributed by atoms with Gasteiger partial charge in [-0.2, -0.15) is 5.10 Å². The summed E-state index contributed by atoms with van der Waals surface area (Å²) in [6, 6.07) is -0.741. The van der Waals surface area contributed by atoms with Crippen molar-refractivity contribution in [2.45, 2.75) is 68.9 Å². The summed E-state index contributed by atoms with van der Waals surface area (Å²) in [5, 5.41) is 13.1. The number of ether oxygens (including phenoxy) is 2. The molecule has 3 N–H and O–H groups in total. The number of aromatic nitrogens is 3. The smallest absolute Gasteiger partial charge is 0.354 e. The number of nitrogens with two attached hydrogens (primary N) is 1. The minimum atomic E-state index is -3.55. The summed E-state index contributed by atoms with van der Waals surface area (Å²) in [5.41, 5.74) is 4.92. The summed E-state index contributed by atoms with van der Waals surface area (Å²) < 4.78 is 29.5. The van der Waals surface area contributed by atoms with Crippen molar-refractivity contribution in [2.24, 2.45) is 9.50 Å². The summed E-state index contributed by atoms with van der Waals surface area (Å²) in [7, 11) is -1.97. The molecule has 2 aromatic heterocycles. The molecule has 0 saturated carbocycles. The highest BCUT2D eigenvalue weighted by Gasteiger charge is 2.36. The molecule has 11 heteroatoms.